The number of carbonyl (C=O) groups excluding carboxylic acids is 1. The van der Waals surface area contributed by atoms with Crippen LogP contribution in [0.1, 0.15) is 34.8 Å². The molecule has 1 saturated heterocycles. The quantitative estimate of drug-likeness (QED) is 0.764. The molecular weight excluding hydrogens is 378 g/mol. The van der Waals surface area contributed by atoms with Crippen LogP contribution in [0.4, 0.5) is 0 Å². The molecule has 0 spiro atoms. The Kier molecular flexibility index (Phi) is 4.92. The molecule has 122 valence electrons. The van der Waals surface area contributed by atoms with Crippen molar-refractivity contribution in [2.45, 2.75) is 18.9 Å². The van der Waals surface area contributed by atoms with E-state index in [1.54, 1.807) is 37.7 Å². The largest absolute Gasteiger partial charge is 0.495 e. The zero-order chi connectivity index (χ0) is 16.4. The zero-order valence-corrected chi connectivity index (χ0v) is 15.4. The second-order valence-electron chi connectivity index (χ2n) is 5.41. The molecule has 3 rings (SSSR count). The number of benzene rings is 1. The monoisotopic (exact) mass is 395 g/mol. The Morgan fingerprint density at radius 1 is 1.30 bits per heavy atom. The van der Waals surface area contributed by atoms with E-state index in [0.29, 0.717) is 17.1 Å². The third-order valence-corrected chi connectivity index (χ3v) is 5.62. The van der Waals surface area contributed by atoms with Gasteiger partial charge in [0.1, 0.15) is 16.0 Å². The summed E-state index contributed by atoms with van der Waals surface area (Å²) in [6.45, 7) is 0.778. The molecular formula is C17H18BrNO3S. The third kappa shape index (κ3) is 3.10. The van der Waals surface area contributed by atoms with Crippen LogP contribution < -0.4 is 9.47 Å². The molecule has 4 nitrogen and oxygen atoms in total. The molecule has 2 aromatic rings. The van der Waals surface area contributed by atoms with Gasteiger partial charge in [-0.05, 0) is 63.3 Å². The van der Waals surface area contributed by atoms with E-state index in [-0.39, 0.29) is 11.9 Å². The van der Waals surface area contributed by atoms with Crippen molar-refractivity contribution in [2.24, 2.45) is 0 Å². The maximum atomic E-state index is 13.0. The number of hydrogen-bond donors (Lipinski definition) is 0. The van der Waals surface area contributed by atoms with Gasteiger partial charge in [0, 0.05) is 12.1 Å². The number of carbonyl (C=O) groups is 1. The topological polar surface area (TPSA) is 38.8 Å². The van der Waals surface area contributed by atoms with Crippen molar-refractivity contribution in [1.82, 2.24) is 4.90 Å². The number of hydrogen-bond acceptors (Lipinski definition) is 4. The van der Waals surface area contributed by atoms with Crippen molar-refractivity contribution < 1.29 is 14.3 Å². The summed E-state index contributed by atoms with van der Waals surface area (Å²) in [7, 11) is 3.16. The van der Waals surface area contributed by atoms with Gasteiger partial charge < -0.3 is 14.4 Å². The third-order valence-electron chi connectivity index (χ3n) is 4.13. The maximum Gasteiger partial charge on any atom is 0.254 e. The van der Waals surface area contributed by atoms with E-state index in [1.807, 2.05) is 4.90 Å². The Morgan fingerprint density at radius 3 is 2.57 bits per heavy atom. The number of ether oxygens (including phenoxy) is 2. The minimum Gasteiger partial charge on any atom is -0.495 e. The summed E-state index contributed by atoms with van der Waals surface area (Å²) in [6, 6.07) is 5.79. The van der Waals surface area contributed by atoms with Crippen LogP contribution in [0.2, 0.25) is 0 Å². The van der Waals surface area contributed by atoms with Crippen molar-refractivity contribution in [3.05, 3.63) is 44.6 Å². The molecule has 1 aromatic heterocycles. The van der Waals surface area contributed by atoms with Crippen molar-refractivity contribution in [3.63, 3.8) is 0 Å². The fraction of sp³-hybridized carbons (Fsp3) is 0.353. The fourth-order valence-corrected chi connectivity index (χ4v) is 4.24. The molecule has 1 aromatic carbocycles. The molecule has 1 unspecified atom stereocenters. The molecule has 0 N–H and O–H groups in total. The Balaban J connectivity index is 1.93. The predicted octanol–water partition coefficient (Wildman–Crippen LogP) is 4.51. The van der Waals surface area contributed by atoms with Crippen molar-refractivity contribution >= 4 is 33.2 Å². The first-order valence-corrected chi connectivity index (χ1v) is 9.14. The number of thiophene rings is 1. The average molecular weight is 396 g/mol. The minimum atomic E-state index is 0.0165. The van der Waals surface area contributed by atoms with Crippen molar-refractivity contribution in [1.29, 1.82) is 0 Å². The fourth-order valence-electron chi connectivity index (χ4n) is 2.98. The molecule has 0 radical (unpaired) electrons. The lowest BCUT2D eigenvalue weighted by Crippen LogP contribution is -2.30. The van der Waals surface area contributed by atoms with Crippen LogP contribution in [0, 0.1) is 0 Å². The number of amides is 1. The highest BCUT2D eigenvalue weighted by molar-refractivity contribution is 9.10. The standard InChI is InChI=1S/C17H18BrNO3S/c1-21-14-8-12(9-15(22-2)16(14)18)17(20)19-6-3-4-13(19)11-5-7-23-10-11/h5,7-10,13H,3-4,6H2,1-2H3. The number of halogens is 1. The van der Waals surface area contributed by atoms with E-state index < -0.39 is 0 Å². The molecule has 0 saturated carbocycles. The minimum absolute atomic E-state index is 0.0165. The Labute approximate surface area is 148 Å². The van der Waals surface area contributed by atoms with E-state index in [9.17, 15) is 4.79 Å². The van der Waals surface area contributed by atoms with Gasteiger partial charge in [-0.2, -0.15) is 11.3 Å². The van der Waals surface area contributed by atoms with Gasteiger partial charge >= 0.3 is 0 Å². The summed E-state index contributed by atoms with van der Waals surface area (Å²) in [5.41, 5.74) is 1.81. The smallest absolute Gasteiger partial charge is 0.254 e. The van der Waals surface area contributed by atoms with Gasteiger partial charge in [0.2, 0.25) is 0 Å². The first kappa shape index (κ1) is 16.3. The second-order valence-corrected chi connectivity index (χ2v) is 6.98. The van der Waals surface area contributed by atoms with Crippen LogP contribution in [0.5, 0.6) is 11.5 Å². The van der Waals surface area contributed by atoms with Crippen molar-refractivity contribution in [3.8, 4) is 11.5 Å². The molecule has 1 fully saturated rings. The van der Waals surface area contributed by atoms with Gasteiger partial charge in [0.15, 0.2) is 0 Å². The first-order valence-electron chi connectivity index (χ1n) is 7.40. The van der Waals surface area contributed by atoms with Gasteiger partial charge in [-0.3, -0.25) is 4.79 Å². The Bertz CT molecular complexity index is 677. The molecule has 1 atom stereocenters. The second kappa shape index (κ2) is 6.93. The molecule has 1 amide bonds. The highest BCUT2D eigenvalue weighted by atomic mass is 79.9. The van der Waals surface area contributed by atoms with Crippen LogP contribution in [0.3, 0.4) is 0 Å². The average Bonchev–Trinajstić information content (AvgIpc) is 3.25. The van der Waals surface area contributed by atoms with E-state index >= 15 is 0 Å². The summed E-state index contributed by atoms with van der Waals surface area (Å²) in [6.07, 6.45) is 2.03. The van der Waals surface area contributed by atoms with Gasteiger partial charge in [-0.25, -0.2) is 0 Å². The first-order chi connectivity index (χ1) is 11.2. The van der Waals surface area contributed by atoms with Crippen molar-refractivity contribution in [2.75, 3.05) is 20.8 Å². The van der Waals surface area contributed by atoms with Crippen LogP contribution in [0.15, 0.2) is 33.4 Å². The summed E-state index contributed by atoms with van der Waals surface area (Å²) < 4.78 is 11.4. The van der Waals surface area contributed by atoms with E-state index in [2.05, 4.69) is 32.8 Å². The molecule has 2 heterocycles. The normalized spacial score (nSPS) is 17.3. The van der Waals surface area contributed by atoms with Crippen LogP contribution in [-0.2, 0) is 0 Å². The van der Waals surface area contributed by atoms with Gasteiger partial charge in [0.05, 0.1) is 20.3 Å². The summed E-state index contributed by atoms with van der Waals surface area (Å²) in [5.74, 6) is 1.21. The van der Waals surface area contributed by atoms with Crippen LogP contribution in [0.25, 0.3) is 0 Å². The molecule has 0 aliphatic carbocycles. The molecule has 6 heteroatoms. The maximum absolute atomic E-state index is 13.0. The molecule has 23 heavy (non-hydrogen) atoms. The SMILES string of the molecule is COc1cc(C(=O)N2CCCC2c2ccsc2)cc(OC)c1Br. The van der Waals surface area contributed by atoms with Crippen LogP contribution in [-0.4, -0.2) is 31.6 Å². The molecule has 0 bridgehead atoms. The van der Waals surface area contributed by atoms with Gasteiger partial charge in [0.25, 0.3) is 5.91 Å². The summed E-state index contributed by atoms with van der Waals surface area (Å²) >= 11 is 5.10. The lowest BCUT2D eigenvalue weighted by Gasteiger charge is -2.25. The van der Waals surface area contributed by atoms with Gasteiger partial charge in [-0.1, -0.05) is 0 Å². The lowest BCUT2D eigenvalue weighted by atomic mass is 10.1. The number of nitrogens with zero attached hydrogens (tertiary/aromatic N) is 1. The number of methoxy groups -OCH3 is 2. The van der Waals surface area contributed by atoms with Crippen LogP contribution >= 0.6 is 27.3 Å². The highest BCUT2D eigenvalue weighted by Gasteiger charge is 2.31. The Morgan fingerprint density at radius 2 is 2.00 bits per heavy atom. The van der Waals surface area contributed by atoms with E-state index in [4.69, 9.17) is 9.47 Å². The lowest BCUT2D eigenvalue weighted by molar-refractivity contribution is 0.0735. The number of likely N-dealkylation sites (tertiary alicyclic amines) is 1. The summed E-state index contributed by atoms with van der Waals surface area (Å²) in [5, 5.41) is 4.18. The molecule has 1 aliphatic rings. The summed E-state index contributed by atoms with van der Waals surface area (Å²) in [4.78, 5) is 15.0. The number of rotatable bonds is 4. The predicted molar refractivity (Wildman–Crippen MR) is 94.6 cm³/mol. The van der Waals surface area contributed by atoms with E-state index in [1.165, 1.54) is 5.56 Å². The Hall–Kier alpha value is -1.53. The van der Waals surface area contributed by atoms with Gasteiger partial charge in [-0.15, -0.1) is 0 Å². The van der Waals surface area contributed by atoms with E-state index in [0.717, 1.165) is 23.9 Å². The highest BCUT2D eigenvalue weighted by Crippen LogP contribution is 2.38. The zero-order valence-electron chi connectivity index (χ0n) is 13.0. The molecule has 1 aliphatic heterocycles.